The second-order valence-electron chi connectivity index (χ2n) is 1.78. The van der Waals surface area contributed by atoms with Gasteiger partial charge in [0.05, 0.1) is 0 Å². The summed E-state index contributed by atoms with van der Waals surface area (Å²) in [6, 6.07) is 0. The summed E-state index contributed by atoms with van der Waals surface area (Å²) in [6.45, 7) is 3.35. The summed E-state index contributed by atoms with van der Waals surface area (Å²) in [5.41, 5.74) is 0. The van der Waals surface area contributed by atoms with Gasteiger partial charge in [-0.05, 0) is 21.1 Å². The predicted molar refractivity (Wildman–Crippen MR) is 40.5 cm³/mol. The minimum absolute atomic E-state index is 0.556. The molecule has 0 fully saturated rings. The first-order chi connectivity index (χ1) is 3.65. The largest absolute Gasteiger partial charge is 0.312 e. The lowest BCUT2D eigenvalue weighted by molar-refractivity contribution is 0.505. The van der Waals surface area contributed by atoms with E-state index in [-0.39, 0.29) is 0 Å². The Hall–Kier alpha value is -0.0100. The Bertz CT molecular complexity index is 41.0. The van der Waals surface area contributed by atoms with Crippen LogP contribution >= 0.6 is 11.6 Å². The van der Waals surface area contributed by atoms with Crippen LogP contribution in [0.25, 0.3) is 0 Å². The minimum atomic E-state index is 0.556. The third-order valence-corrected chi connectivity index (χ3v) is 0.327. The highest BCUT2D eigenvalue weighted by Crippen LogP contribution is 1.67. The molecule has 50 valence electrons. The van der Waals surface area contributed by atoms with Gasteiger partial charge in [0, 0.05) is 5.88 Å². The smallest absolute Gasteiger partial charge is 0.0401 e. The third-order valence-electron chi connectivity index (χ3n) is 0.109. The maximum atomic E-state index is 5.07. The van der Waals surface area contributed by atoms with Crippen LogP contribution in [0.15, 0.2) is 12.7 Å². The van der Waals surface area contributed by atoms with Gasteiger partial charge in [-0.1, -0.05) is 6.08 Å². The number of alkyl halides is 1. The van der Waals surface area contributed by atoms with Crippen molar-refractivity contribution in [1.82, 2.24) is 4.90 Å². The maximum absolute atomic E-state index is 5.07. The molecule has 0 spiro atoms. The number of rotatable bonds is 1. The number of nitrogens with zero attached hydrogens (tertiary/aromatic N) is 1. The summed E-state index contributed by atoms with van der Waals surface area (Å²) >= 11 is 5.07. The quantitative estimate of drug-likeness (QED) is 0.390. The van der Waals surface area contributed by atoms with Crippen molar-refractivity contribution in [2.75, 3.05) is 27.0 Å². The van der Waals surface area contributed by atoms with E-state index in [1.807, 2.05) is 26.0 Å². The van der Waals surface area contributed by atoms with Crippen molar-refractivity contribution in [2.45, 2.75) is 0 Å². The summed E-state index contributed by atoms with van der Waals surface area (Å²) in [4.78, 5) is 2.00. The molecule has 0 saturated carbocycles. The van der Waals surface area contributed by atoms with Gasteiger partial charge in [-0.2, -0.15) is 0 Å². The fraction of sp³-hybridized carbons (Fsp3) is 0.667. The molecule has 0 bridgehead atoms. The lowest BCUT2D eigenvalue weighted by Crippen LogP contribution is -1.99. The Balaban J connectivity index is 0. The lowest BCUT2D eigenvalue weighted by Gasteiger charge is -1.90. The Morgan fingerprint density at radius 3 is 1.62 bits per heavy atom. The van der Waals surface area contributed by atoms with Gasteiger partial charge < -0.3 is 4.90 Å². The van der Waals surface area contributed by atoms with E-state index >= 15 is 0 Å². The molecule has 0 N–H and O–H groups in total. The van der Waals surface area contributed by atoms with Crippen LogP contribution in [0.1, 0.15) is 0 Å². The van der Waals surface area contributed by atoms with Gasteiger partial charge in [-0.3, -0.25) is 0 Å². The molecule has 0 atom stereocenters. The zero-order valence-electron chi connectivity index (χ0n) is 5.82. The molecule has 0 radical (unpaired) electrons. The molecule has 0 unspecified atom stereocenters. The third kappa shape index (κ3) is 152. The number of allylic oxidation sites excluding steroid dienone is 1. The molecule has 0 aromatic carbocycles. The second kappa shape index (κ2) is 10.1. The SMILES string of the molecule is C=CCCl.CN(C)C. The van der Waals surface area contributed by atoms with Crippen LogP contribution < -0.4 is 0 Å². The lowest BCUT2D eigenvalue weighted by atomic mass is 10.8. The van der Waals surface area contributed by atoms with E-state index in [2.05, 4.69) is 6.58 Å². The molecule has 0 aliphatic carbocycles. The molecular formula is C6H14ClN. The molecule has 0 heterocycles. The van der Waals surface area contributed by atoms with E-state index in [0.29, 0.717) is 5.88 Å². The van der Waals surface area contributed by atoms with Crippen molar-refractivity contribution >= 4 is 11.6 Å². The summed E-state index contributed by atoms with van der Waals surface area (Å²) in [6.07, 6.45) is 1.64. The number of hydrogen-bond donors (Lipinski definition) is 0. The van der Waals surface area contributed by atoms with Gasteiger partial charge in [0.1, 0.15) is 0 Å². The molecule has 0 aromatic heterocycles. The molecule has 0 rings (SSSR count). The van der Waals surface area contributed by atoms with Crippen molar-refractivity contribution in [3.05, 3.63) is 12.7 Å². The van der Waals surface area contributed by atoms with E-state index in [1.54, 1.807) is 6.08 Å². The normalized spacial score (nSPS) is 7.62. The van der Waals surface area contributed by atoms with Gasteiger partial charge in [-0.25, -0.2) is 0 Å². The monoisotopic (exact) mass is 135 g/mol. The maximum Gasteiger partial charge on any atom is 0.0401 e. The summed E-state index contributed by atoms with van der Waals surface area (Å²) in [5.74, 6) is 0.556. The van der Waals surface area contributed by atoms with Crippen molar-refractivity contribution in [3.8, 4) is 0 Å². The van der Waals surface area contributed by atoms with Gasteiger partial charge in [0.15, 0.2) is 0 Å². The molecule has 0 saturated heterocycles. The molecule has 0 amide bonds. The van der Waals surface area contributed by atoms with Crippen LogP contribution in [0, 0.1) is 0 Å². The summed E-state index contributed by atoms with van der Waals surface area (Å²) < 4.78 is 0. The Kier molecular flexibility index (Phi) is 13.7. The first-order valence-electron chi connectivity index (χ1n) is 2.43. The van der Waals surface area contributed by atoms with Gasteiger partial charge in [-0.15, -0.1) is 18.2 Å². The fourth-order valence-electron chi connectivity index (χ4n) is 0. The van der Waals surface area contributed by atoms with E-state index in [0.717, 1.165) is 0 Å². The second-order valence-corrected chi connectivity index (χ2v) is 2.09. The highest BCUT2D eigenvalue weighted by Gasteiger charge is 1.58. The van der Waals surface area contributed by atoms with Crippen molar-refractivity contribution < 1.29 is 0 Å². The van der Waals surface area contributed by atoms with Crippen LogP contribution in [0.2, 0.25) is 0 Å². The van der Waals surface area contributed by atoms with Crippen LogP contribution in [0.5, 0.6) is 0 Å². The Morgan fingerprint density at radius 2 is 1.62 bits per heavy atom. The van der Waals surface area contributed by atoms with E-state index < -0.39 is 0 Å². The van der Waals surface area contributed by atoms with E-state index in [1.165, 1.54) is 0 Å². The Labute approximate surface area is 56.9 Å². The minimum Gasteiger partial charge on any atom is -0.312 e. The summed E-state index contributed by atoms with van der Waals surface area (Å²) in [5, 5.41) is 0. The first kappa shape index (κ1) is 10.9. The number of hydrogen-bond acceptors (Lipinski definition) is 1. The predicted octanol–water partition coefficient (Wildman–Crippen LogP) is 1.59. The van der Waals surface area contributed by atoms with Crippen LogP contribution in [-0.2, 0) is 0 Å². The molecule has 1 nitrogen and oxygen atoms in total. The first-order valence-corrected chi connectivity index (χ1v) is 2.96. The fourth-order valence-corrected chi connectivity index (χ4v) is 0. The average Bonchev–Trinajstić information content (AvgIpc) is 1.65. The molecule has 0 aliphatic rings. The molecule has 0 aromatic rings. The average molecular weight is 136 g/mol. The highest BCUT2D eigenvalue weighted by molar-refractivity contribution is 6.18. The van der Waals surface area contributed by atoms with Gasteiger partial charge in [0.2, 0.25) is 0 Å². The molecule has 2 heteroatoms. The molecule has 8 heavy (non-hydrogen) atoms. The van der Waals surface area contributed by atoms with Crippen molar-refractivity contribution in [3.63, 3.8) is 0 Å². The molecule has 0 aliphatic heterocycles. The van der Waals surface area contributed by atoms with E-state index in [9.17, 15) is 0 Å². The van der Waals surface area contributed by atoms with Crippen LogP contribution in [0.4, 0.5) is 0 Å². The van der Waals surface area contributed by atoms with Crippen LogP contribution in [0.3, 0.4) is 0 Å². The highest BCUT2D eigenvalue weighted by atomic mass is 35.5. The van der Waals surface area contributed by atoms with Crippen LogP contribution in [-0.4, -0.2) is 31.9 Å². The van der Waals surface area contributed by atoms with Gasteiger partial charge in [0.25, 0.3) is 0 Å². The van der Waals surface area contributed by atoms with Crippen molar-refractivity contribution in [2.24, 2.45) is 0 Å². The van der Waals surface area contributed by atoms with Gasteiger partial charge >= 0.3 is 0 Å². The Morgan fingerprint density at radius 1 is 1.50 bits per heavy atom. The standard InChI is InChI=1S/C3H5Cl.C3H9N/c1-2-3-4;1-4(2)3/h2H,1,3H2;1-3H3. The zero-order chi connectivity index (χ0) is 6.99. The number of halogens is 1. The van der Waals surface area contributed by atoms with E-state index in [4.69, 9.17) is 11.6 Å². The molecular weight excluding hydrogens is 122 g/mol. The summed E-state index contributed by atoms with van der Waals surface area (Å²) in [7, 11) is 6.00. The zero-order valence-corrected chi connectivity index (χ0v) is 6.57. The van der Waals surface area contributed by atoms with Crippen molar-refractivity contribution in [1.29, 1.82) is 0 Å². The topological polar surface area (TPSA) is 3.24 Å².